The first-order chi connectivity index (χ1) is 33.8. The first kappa shape index (κ1) is 52.5. The van der Waals surface area contributed by atoms with Gasteiger partial charge in [0.1, 0.15) is 23.0 Å². The van der Waals surface area contributed by atoms with Gasteiger partial charge in [-0.1, -0.05) is 156 Å². The first-order valence-corrected chi connectivity index (χ1v) is 27.1. The third-order valence-electron chi connectivity index (χ3n) is 13.6. The van der Waals surface area contributed by atoms with Crippen molar-refractivity contribution in [3.05, 3.63) is 164 Å². The predicted molar refractivity (Wildman–Crippen MR) is 298 cm³/mol. The van der Waals surface area contributed by atoms with Gasteiger partial charge < -0.3 is 30.3 Å². The summed E-state index contributed by atoms with van der Waals surface area (Å²) >= 11 is 3.30. The van der Waals surface area contributed by atoms with Gasteiger partial charge in [0.05, 0.1) is 11.4 Å². The third-order valence-corrected chi connectivity index (χ3v) is 16.0. The molecule has 0 saturated carbocycles. The molecule has 0 spiro atoms. The fraction of sp³-hybridized carbons (Fsp3) is 0.387. The fourth-order valence-corrected chi connectivity index (χ4v) is 11.4. The highest BCUT2D eigenvalue weighted by molar-refractivity contribution is 8.03. The Hall–Kier alpha value is -5.84. The molecular formula is C62H72N2O6S2. The summed E-state index contributed by atoms with van der Waals surface area (Å²) in [6.45, 7) is 25.6. The highest BCUT2D eigenvalue weighted by atomic mass is 32.2. The average Bonchev–Trinajstić information content (AvgIpc) is 3.28. The molecule has 6 aromatic rings. The summed E-state index contributed by atoms with van der Waals surface area (Å²) in [5, 5.41) is 31.7. The molecule has 0 aromatic heterocycles. The fourth-order valence-electron chi connectivity index (χ4n) is 9.36. The van der Waals surface area contributed by atoms with Gasteiger partial charge >= 0.3 is 0 Å². The Labute approximate surface area is 436 Å². The van der Waals surface area contributed by atoms with Crippen LogP contribution in [0.4, 0.5) is 11.4 Å². The van der Waals surface area contributed by atoms with E-state index in [1.165, 1.54) is 0 Å². The van der Waals surface area contributed by atoms with Gasteiger partial charge in [0, 0.05) is 47.0 Å². The van der Waals surface area contributed by atoms with Gasteiger partial charge in [-0.3, -0.25) is 9.59 Å². The van der Waals surface area contributed by atoms with Gasteiger partial charge in [-0.05, 0) is 113 Å². The first-order valence-electron chi connectivity index (χ1n) is 25.1. The largest absolute Gasteiger partial charge is 0.507 e. The van der Waals surface area contributed by atoms with Crippen LogP contribution in [0.5, 0.6) is 23.0 Å². The number of para-hydroxylation sites is 2. The van der Waals surface area contributed by atoms with Crippen LogP contribution in [0.2, 0.25) is 0 Å². The highest BCUT2D eigenvalue weighted by Crippen LogP contribution is 2.44. The number of aromatic hydroxyl groups is 2. The number of hydrogen-bond donors (Lipinski definition) is 4. The summed E-state index contributed by atoms with van der Waals surface area (Å²) in [7, 11) is 0. The van der Waals surface area contributed by atoms with Gasteiger partial charge in [-0.15, -0.1) is 23.5 Å². The number of benzene rings is 6. The summed E-state index contributed by atoms with van der Waals surface area (Å²) in [4.78, 5) is 30.2. The number of phenolic OH excluding ortho intramolecular Hbond substituents is 2. The minimum atomic E-state index is -0.305. The Morgan fingerprint density at radius 3 is 0.958 bits per heavy atom. The number of phenols is 2. The van der Waals surface area contributed by atoms with E-state index >= 15 is 0 Å². The van der Waals surface area contributed by atoms with Crippen LogP contribution in [-0.4, -0.2) is 46.7 Å². The van der Waals surface area contributed by atoms with Gasteiger partial charge in [0.25, 0.3) is 11.8 Å². The third kappa shape index (κ3) is 12.1. The molecule has 10 bridgehead atoms. The van der Waals surface area contributed by atoms with Gasteiger partial charge in [-0.2, -0.15) is 0 Å². The van der Waals surface area contributed by atoms with Crippen LogP contribution >= 0.6 is 23.5 Å². The lowest BCUT2D eigenvalue weighted by atomic mass is 9.79. The van der Waals surface area contributed by atoms with Crippen molar-refractivity contribution in [1.29, 1.82) is 0 Å². The van der Waals surface area contributed by atoms with E-state index in [1.807, 2.05) is 48.5 Å². The topological polar surface area (TPSA) is 117 Å². The van der Waals surface area contributed by atoms with Crippen molar-refractivity contribution in [2.45, 2.75) is 140 Å². The second-order valence-electron chi connectivity index (χ2n) is 23.6. The van der Waals surface area contributed by atoms with E-state index < -0.39 is 0 Å². The average molecular weight is 1010 g/mol. The molecule has 8 nitrogen and oxygen atoms in total. The van der Waals surface area contributed by atoms with Gasteiger partial charge in [0.2, 0.25) is 0 Å². The molecular weight excluding hydrogens is 933 g/mol. The van der Waals surface area contributed by atoms with Crippen molar-refractivity contribution >= 4 is 46.7 Å². The molecule has 0 unspecified atom stereocenters. The number of hydrogen-bond acceptors (Lipinski definition) is 8. The molecule has 2 heterocycles. The number of carbonyl (C=O) groups is 2. The zero-order valence-electron chi connectivity index (χ0n) is 44.2. The standard InChI is InChI=1S/C62H72N2O6S2/c1-59(2,3)45-27-37-23-41-31-47(61(7,8)9)33-43-25-39-29-46(60(4,5)6)30-40(56(39)68)26-44-34-48(62(10,11)12)32-42(24-38(28-45)55(37)67)58(44)70-36-54(66)64-50-18-14-16-20-52(50)72-22-21-71-51-19-15-13-17-49(51)63-53(65)35-69-57(41)43/h13-20,27-34,67-68H,21-26,35-36H2,1-12H3,(H,63,65)(H,64,66). The summed E-state index contributed by atoms with van der Waals surface area (Å²) in [5.41, 5.74) is 10.6. The van der Waals surface area contributed by atoms with Crippen molar-refractivity contribution < 1.29 is 29.3 Å². The zero-order chi connectivity index (χ0) is 51.9. The molecule has 0 radical (unpaired) electrons. The maximum absolute atomic E-state index is 14.2. The van der Waals surface area contributed by atoms with Crippen LogP contribution < -0.4 is 20.1 Å². The van der Waals surface area contributed by atoms with Crippen LogP contribution in [0.25, 0.3) is 0 Å². The van der Waals surface area contributed by atoms with Gasteiger partial charge in [-0.25, -0.2) is 0 Å². The van der Waals surface area contributed by atoms with Crippen LogP contribution in [0.15, 0.2) is 107 Å². The molecule has 72 heavy (non-hydrogen) atoms. The SMILES string of the molecule is CC(C)(C)c1cc2c(O)c(c1)Cc1cc(C(C)(C)C)cc3c1OCC(=O)Nc1ccccc1SCCSc1ccccc1NC(=O)COc1c(cc(C(C)(C)C)cc1Cc1cc(C(C)(C)C)cc(c1O)C3)C2. The van der Waals surface area contributed by atoms with Crippen LogP contribution in [0.3, 0.4) is 0 Å². The predicted octanol–water partition coefficient (Wildman–Crippen LogP) is 14.2. The van der Waals surface area contributed by atoms with Crippen molar-refractivity contribution in [2.75, 3.05) is 35.4 Å². The second kappa shape index (κ2) is 20.6. The maximum Gasteiger partial charge on any atom is 0.262 e. The molecule has 0 atom stereocenters. The molecule has 378 valence electrons. The quantitative estimate of drug-likeness (QED) is 0.119. The van der Waals surface area contributed by atoms with Crippen molar-refractivity contribution in [3.8, 4) is 23.0 Å². The molecule has 6 aromatic carbocycles. The molecule has 3 aliphatic rings. The lowest BCUT2D eigenvalue weighted by molar-refractivity contribution is -0.118. The molecule has 0 fully saturated rings. The molecule has 1 aliphatic carbocycles. The Morgan fingerprint density at radius 2 is 0.681 bits per heavy atom. The number of carbonyl (C=O) groups excluding carboxylic acids is 2. The number of amides is 2. The van der Waals surface area contributed by atoms with Gasteiger partial charge in [0.15, 0.2) is 13.2 Å². The van der Waals surface area contributed by atoms with Crippen LogP contribution in [0, 0.1) is 0 Å². The smallest absolute Gasteiger partial charge is 0.262 e. The maximum atomic E-state index is 14.2. The van der Waals surface area contributed by atoms with E-state index in [0.29, 0.717) is 48.6 Å². The lowest BCUT2D eigenvalue weighted by Gasteiger charge is -2.28. The van der Waals surface area contributed by atoms with Crippen LogP contribution in [-0.2, 0) is 56.9 Å². The number of ether oxygens (including phenoxy) is 2. The van der Waals surface area contributed by atoms with Crippen LogP contribution in [0.1, 0.15) is 150 Å². The van der Waals surface area contributed by atoms with E-state index in [4.69, 9.17) is 9.47 Å². The van der Waals surface area contributed by atoms with E-state index in [1.54, 1.807) is 23.5 Å². The normalized spacial score (nSPS) is 15.3. The Balaban J connectivity index is 1.42. The Kier molecular flexibility index (Phi) is 15.0. The minimum Gasteiger partial charge on any atom is -0.507 e. The van der Waals surface area contributed by atoms with E-state index in [9.17, 15) is 19.8 Å². The summed E-state index contributed by atoms with van der Waals surface area (Å²) in [6, 6.07) is 32.6. The monoisotopic (exact) mass is 1000 g/mol. The number of rotatable bonds is 0. The van der Waals surface area contributed by atoms with Crippen molar-refractivity contribution in [1.82, 2.24) is 0 Å². The number of fused-ring (bicyclic) bond motifs is 9. The van der Waals surface area contributed by atoms with E-state index in [2.05, 4.69) is 142 Å². The van der Waals surface area contributed by atoms with E-state index in [-0.39, 0.29) is 58.2 Å². The molecule has 9 rings (SSSR count). The number of thioether (sulfide) groups is 2. The molecule has 2 aliphatic heterocycles. The summed E-state index contributed by atoms with van der Waals surface area (Å²) < 4.78 is 13.7. The highest BCUT2D eigenvalue weighted by Gasteiger charge is 2.29. The van der Waals surface area contributed by atoms with Crippen molar-refractivity contribution in [3.63, 3.8) is 0 Å². The minimum absolute atomic E-state index is 0.166. The summed E-state index contributed by atoms with van der Waals surface area (Å²) in [6.07, 6.45) is 1.19. The lowest BCUT2D eigenvalue weighted by Crippen LogP contribution is -2.22. The summed E-state index contributed by atoms with van der Waals surface area (Å²) in [5.74, 6) is 2.32. The second-order valence-corrected chi connectivity index (χ2v) is 25.9. The Bertz CT molecular complexity index is 2740. The molecule has 4 N–H and O–H groups in total. The molecule has 2 amide bonds. The van der Waals surface area contributed by atoms with E-state index in [0.717, 1.165) is 88.1 Å². The zero-order valence-corrected chi connectivity index (χ0v) is 45.9. The molecule has 0 saturated heterocycles. The number of nitrogens with one attached hydrogen (secondary N) is 2. The van der Waals surface area contributed by atoms with Crippen molar-refractivity contribution in [2.24, 2.45) is 0 Å². The Morgan fingerprint density at radius 1 is 0.417 bits per heavy atom. The number of anilines is 2. The molecule has 10 heteroatoms.